The Kier molecular flexibility index (Phi) is 7.07. The van der Waals surface area contributed by atoms with Crippen LogP contribution in [0.15, 0.2) is 85.1 Å². The highest BCUT2D eigenvalue weighted by molar-refractivity contribution is 5.88. The molecule has 6 nitrogen and oxygen atoms in total. The van der Waals surface area contributed by atoms with Crippen molar-refractivity contribution in [1.29, 1.82) is 0 Å². The average Bonchev–Trinajstić information content (AvgIpc) is 3.20. The zero-order chi connectivity index (χ0) is 24.1. The summed E-state index contributed by atoms with van der Waals surface area (Å²) in [5, 5.41) is 15.4. The van der Waals surface area contributed by atoms with Crippen LogP contribution >= 0.6 is 0 Å². The highest BCUT2D eigenvalue weighted by Crippen LogP contribution is 2.36. The van der Waals surface area contributed by atoms with Gasteiger partial charge in [0.25, 0.3) is 5.69 Å². The summed E-state index contributed by atoms with van der Waals surface area (Å²) in [6, 6.07) is 25.1. The third-order valence-electron chi connectivity index (χ3n) is 6.29. The molecule has 6 heteroatoms. The van der Waals surface area contributed by atoms with Crippen LogP contribution in [0.4, 0.5) is 5.69 Å². The second-order valence-corrected chi connectivity index (χ2v) is 8.70. The lowest BCUT2D eigenvalue weighted by Crippen LogP contribution is -2.33. The molecule has 3 aromatic carbocycles. The number of hydrogen-bond acceptors (Lipinski definition) is 3. The molecule has 1 N–H and O–H groups in total. The van der Waals surface area contributed by atoms with Crippen molar-refractivity contribution in [2.24, 2.45) is 0 Å². The van der Waals surface area contributed by atoms with Gasteiger partial charge in [0.05, 0.1) is 4.92 Å². The third-order valence-corrected chi connectivity index (χ3v) is 6.29. The highest BCUT2D eigenvalue weighted by Gasteiger charge is 2.24. The van der Waals surface area contributed by atoms with Crippen LogP contribution in [0.5, 0.6) is 0 Å². The number of amides is 1. The quantitative estimate of drug-likeness (QED) is 0.247. The number of aromatic nitrogens is 1. The predicted octanol–water partition coefficient (Wildman–Crippen LogP) is 6.03. The molecule has 0 bridgehead atoms. The minimum Gasteiger partial charge on any atom is -0.354 e. The molecule has 0 saturated heterocycles. The lowest BCUT2D eigenvalue weighted by Gasteiger charge is -2.19. The molecule has 2 unspecified atom stereocenters. The van der Waals surface area contributed by atoms with Crippen molar-refractivity contribution in [2.75, 3.05) is 0 Å². The van der Waals surface area contributed by atoms with Crippen LogP contribution in [0.1, 0.15) is 49.3 Å². The van der Waals surface area contributed by atoms with E-state index >= 15 is 0 Å². The molecule has 4 aromatic rings. The first-order valence-electron chi connectivity index (χ1n) is 11.6. The molecule has 2 atom stereocenters. The maximum Gasteiger partial charge on any atom is 0.270 e. The van der Waals surface area contributed by atoms with Gasteiger partial charge in [-0.05, 0) is 36.1 Å². The summed E-state index contributed by atoms with van der Waals surface area (Å²) < 4.78 is 2.12. The normalized spacial score (nSPS) is 12.9. The van der Waals surface area contributed by atoms with Gasteiger partial charge in [0, 0.05) is 54.2 Å². The van der Waals surface area contributed by atoms with E-state index in [-0.39, 0.29) is 34.9 Å². The van der Waals surface area contributed by atoms with Crippen molar-refractivity contribution in [1.82, 2.24) is 9.88 Å². The Morgan fingerprint density at radius 3 is 2.35 bits per heavy atom. The fraction of sp³-hybridized carbons (Fsp3) is 0.250. The number of carbonyl (C=O) groups is 1. The fourth-order valence-electron chi connectivity index (χ4n) is 4.33. The molecule has 0 fully saturated rings. The molecule has 34 heavy (non-hydrogen) atoms. The van der Waals surface area contributed by atoms with Crippen molar-refractivity contribution in [3.05, 3.63) is 112 Å². The maximum absolute atomic E-state index is 13.0. The number of nitro groups is 1. The van der Waals surface area contributed by atoms with Gasteiger partial charge in [-0.1, -0.05) is 67.6 Å². The van der Waals surface area contributed by atoms with E-state index in [0.29, 0.717) is 6.54 Å². The molecule has 0 aliphatic carbocycles. The first-order valence-corrected chi connectivity index (χ1v) is 11.6. The average molecular weight is 456 g/mol. The number of fused-ring (bicyclic) bond motifs is 1. The fourth-order valence-corrected chi connectivity index (χ4v) is 4.33. The summed E-state index contributed by atoms with van der Waals surface area (Å²) in [6.45, 7) is 4.66. The van der Waals surface area contributed by atoms with Crippen molar-refractivity contribution in [2.45, 2.75) is 45.2 Å². The molecule has 0 saturated carbocycles. The molecule has 0 radical (unpaired) electrons. The SMILES string of the molecule is CCC(C)NC(=O)CC(c1ccccc1)c1cn(Cc2ccccc2)c2ccc([N+](=O)[O-])cc12. The summed E-state index contributed by atoms with van der Waals surface area (Å²) >= 11 is 0. The monoisotopic (exact) mass is 455 g/mol. The summed E-state index contributed by atoms with van der Waals surface area (Å²) in [4.78, 5) is 24.1. The minimum atomic E-state index is -0.370. The van der Waals surface area contributed by atoms with E-state index in [1.165, 1.54) is 0 Å². The molecular formula is C28H29N3O3. The van der Waals surface area contributed by atoms with Crippen LogP contribution < -0.4 is 5.32 Å². The van der Waals surface area contributed by atoms with Gasteiger partial charge in [-0.25, -0.2) is 0 Å². The van der Waals surface area contributed by atoms with Crippen LogP contribution in [0, 0.1) is 10.1 Å². The standard InChI is InChI=1S/C28H29N3O3/c1-3-20(2)29-28(32)17-24(22-12-8-5-9-13-22)26-19-30(18-21-10-6-4-7-11-21)27-15-14-23(31(33)34)16-25(26)27/h4-16,19-20,24H,3,17-18H2,1-2H3,(H,29,32). The molecule has 4 rings (SSSR count). The Hall–Kier alpha value is -3.93. The Balaban J connectivity index is 1.84. The summed E-state index contributed by atoms with van der Waals surface area (Å²) in [5.41, 5.74) is 4.01. The van der Waals surface area contributed by atoms with Gasteiger partial charge in [-0.2, -0.15) is 0 Å². The predicted molar refractivity (Wildman–Crippen MR) is 135 cm³/mol. The van der Waals surface area contributed by atoms with Crippen molar-refractivity contribution in [3.8, 4) is 0 Å². The summed E-state index contributed by atoms with van der Waals surface area (Å²) in [6.07, 6.45) is 3.17. The topological polar surface area (TPSA) is 77.2 Å². The minimum absolute atomic E-state index is 0.0300. The van der Waals surface area contributed by atoms with Crippen LogP contribution in [0.2, 0.25) is 0 Å². The molecule has 0 aliphatic rings. The number of non-ortho nitro benzene ring substituents is 1. The number of benzene rings is 3. The van der Waals surface area contributed by atoms with Gasteiger partial charge in [-0.3, -0.25) is 14.9 Å². The number of rotatable bonds is 9. The molecule has 0 spiro atoms. The molecule has 0 aliphatic heterocycles. The molecule has 1 heterocycles. The Bertz CT molecular complexity index is 1280. The van der Waals surface area contributed by atoms with Gasteiger partial charge in [0.1, 0.15) is 0 Å². The summed E-state index contributed by atoms with van der Waals surface area (Å²) in [5.74, 6) is -0.260. The molecule has 174 valence electrons. The van der Waals surface area contributed by atoms with Crippen molar-refractivity contribution < 1.29 is 9.72 Å². The lowest BCUT2D eigenvalue weighted by molar-refractivity contribution is -0.384. The van der Waals surface area contributed by atoms with E-state index in [1.54, 1.807) is 18.2 Å². The number of nitrogens with one attached hydrogen (secondary N) is 1. The van der Waals surface area contributed by atoms with Gasteiger partial charge in [-0.15, -0.1) is 0 Å². The highest BCUT2D eigenvalue weighted by atomic mass is 16.6. The smallest absolute Gasteiger partial charge is 0.270 e. The third kappa shape index (κ3) is 5.17. The van der Waals surface area contributed by atoms with E-state index in [2.05, 4.69) is 28.2 Å². The maximum atomic E-state index is 13.0. The first kappa shape index (κ1) is 23.2. The van der Waals surface area contributed by atoms with E-state index in [1.807, 2.05) is 62.4 Å². The molecule has 1 amide bonds. The van der Waals surface area contributed by atoms with E-state index in [0.717, 1.165) is 34.0 Å². The molecule has 1 aromatic heterocycles. The number of hydrogen-bond donors (Lipinski definition) is 1. The van der Waals surface area contributed by atoms with E-state index in [9.17, 15) is 14.9 Å². The zero-order valence-electron chi connectivity index (χ0n) is 19.5. The lowest BCUT2D eigenvalue weighted by atomic mass is 9.88. The first-order chi connectivity index (χ1) is 16.5. The van der Waals surface area contributed by atoms with Gasteiger partial charge in [0.15, 0.2) is 0 Å². The Morgan fingerprint density at radius 1 is 1.03 bits per heavy atom. The van der Waals surface area contributed by atoms with Crippen molar-refractivity contribution in [3.63, 3.8) is 0 Å². The largest absolute Gasteiger partial charge is 0.354 e. The Morgan fingerprint density at radius 2 is 1.71 bits per heavy atom. The van der Waals surface area contributed by atoms with Crippen molar-refractivity contribution >= 4 is 22.5 Å². The second-order valence-electron chi connectivity index (χ2n) is 8.70. The number of carbonyl (C=O) groups excluding carboxylic acids is 1. The van der Waals surface area contributed by atoms with E-state index in [4.69, 9.17) is 0 Å². The zero-order valence-corrected chi connectivity index (χ0v) is 19.5. The van der Waals surface area contributed by atoms with Crippen LogP contribution in [0.25, 0.3) is 10.9 Å². The number of nitrogens with zero attached hydrogens (tertiary/aromatic N) is 2. The van der Waals surface area contributed by atoms with Gasteiger partial charge in [0.2, 0.25) is 5.91 Å². The Labute approximate surface area is 199 Å². The van der Waals surface area contributed by atoms with Gasteiger partial charge >= 0.3 is 0 Å². The van der Waals surface area contributed by atoms with Crippen LogP contribution in [0.3, 0.4) is 0 Å². The van der Waals surface area contributed by atoms with Crippen LogP contribution in [-0.4, -0.2) is 21.4 Å². The second kappa shape index (κ2) is 10.3. The molecular weight excluding hydrogens is 426 g/mol. The van der Waals surface area contributed by atoms with Gasteiger partial charge < -0.3 is 9.88 Å². The number of nitro benzene ring substituents is 1. The summed E-state index contributed by atoms with van der Waals surface area (Å²) in [7, 11) is 0. The van der Waals surface area contributed by atoms with E-state index < -0.39 is 0 Å². The van der Waals surface area contributed by atoms with Crippen LogP contribution in [-0.2, 0) is 11.3 Å².